The van der Waals surface area contributed by atoms with Crippen LogP contribution in [-0.2, 0) is 6.42 Å². The van der Waals surface area contributed by atoms with Gasteiger partial charge >= 0.3 is 0 Å². The Balaban J connectivity index is 1.95. The number of hydrogen-bond donors (Lipinski definition) is 3. The smallest absolute Gasteiger partial charge is 0.231 e. The van der Waals surface area contributed by atoms with Crippen LogP contribution < -0.4 is 16.0 Å². The predicted molar refractivity (Wildman–Crippen MR) is 91.6 cm³/mol. The Hall–Kier alpha value is -2.89. The van der Waals surface area contributed by atoms with Crippen LogP contribution in [0.25, 0.3) is 0 Å². The standard InChI is InChI=1S/C17H18FN5/c1-4-11(3)20-17-22-15-13(7-8-19-15)16(23-17)21-12-6-5-10(2)14(18)9-12/h4-6,9H,1,3,7-8H2,2H3,(H3,19,20,21,22,23). The number of nitrogens with zero attached hydrogens (tertiary/aromatic N) is 2. The zero-order valence-corrected chi connectivity index (χ0v) is 12.9. The number of aromatic nitrogens is 2. The molecule has 0 amide bonds. The molecular weight excluding hydrogens is 293 g/mol. The largest absolute Gasteiger partial charge is 0.369 e. The molecule has 0 saturated carbocycles. The van der Waals surface area contributed by atoms with Crippen molar-refractivity contribution in [1.29, 1.82) is 0 Å². The summed E-state index contributed by atoms with van der Waals surface area (Å²) in [5.41, 5.74) is 2.85. The van der Waals surface area contributed by atoms with Crippen molar-refractivity contribution in [2.45, 2.75) is 13.3 Å². The molecule has 1 aromatic carbocycles. The van der Waals surface area contributed by atoms with E-state index in [1.807, 2.05) is 6.07 Å². The summed E-state index contributed by atoms with van der Waals surface area (Å²) >= 11 is 0. The van der Waals surface area contributed by atoms with E-state index in [-0.39, 0.29) is 5.82 Å². The molecule has 2 heterocycles. The minimum absolute atomic E-state index is 0.253. The first-order chi connectivity index (χ1) is 11.1. The number of nitrogens with one attached hydrogen (secondary N) is 3. The fourth-order valence-corrected chi connectivity index (χ4v) is 2.33. The Labute approximate surface area is 134 Å². The second-order valence-electron chi connectivity index (χ2n) is 5.34. The molecule has 6 heteroatoms. The van der Waals surface area contributed by atoms with Crippen molar-refractivity contribution in [3.05, 3.63) is 60.1 Å². The number of anilines is 4. The first kappa shape index (κ1) is 15.0. The molecule has 0 radical (unpaired) electrons. The lowest BCUT2D eigenvalue weighted by atomic mass is 10.2. The molecule has 2 aromatic rings. The number of hydrogen-bond acceptors (Lipinski definition) is 5. The molecule has 0 fully saturated rings. The summed E-state index contributed by atoms with van der Waals surface area (Å²) in [5.74, 6) is 1.59. The molecule has 1 aromatic heterocycles. The van der Waals surface area contributed by atoms with E-state index in [1.54, 1.807) is 19.1 Å². The van der Waals surface area contributed by atoms with Crippen molar-refractivity contribution >= 4 is 23.3 Å². The molecule has 3 rings (SSSR count). The molecule has 0 saturated heterocycles. The van der Waals surface area contributed by atoms with E-state index in [4.69, 9.17) is 0 Å². The van der Waals surface area contributed by atoms with Crippen molar-refractivity contribution in [2.24, 2.45) is 0 Å². The van der Waals surface area contributed by atoms with Gasteiger partial charge in [0.1, 0.15) is 17.5 Å². The molecule has 23 heavy (non-hydrogen) atoms. The van der Waals surface area contributed by atoms with Gasteiger partial charge in [0.25, 0.3) is 0 Å². The Morgan fingerprint density at radius 1 is 1.39 bits per heavy atom. The molecule has 0 bridgehead atoms. The monoisotopic (exact) mass is 311 g/mol. The summed E-state index contributed by atoms with van der Waals surface area (Å²) in [4.78, 5) is 8.89. The van der Waals surface area contributed by atoms with Crippen molar-refractivity contribution in [3.8, 4) is 0 Å². The molecule has 0 atom stereocenters. The second kappa shape index (κ2) is 6.08. The first-order valence-corrected chi connectivity index (χ1v) is 7.33. The number of benzene rings is 1. The van der Waals surface area contributed by atoms with Crippen molar-refractivity contribution in [1.82, 2.24) is 9.97 Å². The van der Waals surface area contributed by atoms with Gasteiger partial charge in [-0.2, -0.15) is 9.97 Å². The van der Waals surface area contributed by atoms with Crippen LogP contribution in [0.5, 0.6) is 0 Å². The SMILES string of the molecule is C=CC(=C)Nc1nc2c(c(Nc3ccc(C)c(F)c3)n1)CCN2. The van der Waals surface area contributed by atoms with Crippen molar-refractivity contribution in [2.75, 3.05) is 22.5 Å². The van der Waals surface area contributed by atoms with Crippen LogP contribution in [-0.4, -0.2) is 16.5 Å². The van der Waals surface area contributed by atoms with Gasteiger partial charge < -0.3 is 16.0 Å². The van der Waals surface area contributed by atoms with Gasteiger partial charge in [-0.1, -0.05) is 19.2 Å². The van der Waals surface area contributed by atoms with Crippen molar-refractivity contribution in [3.63, 3.8) is 0 Å². The molecule has 1 aliphatic heterocycles. The zero-order valence-electron chi connectivity index (χ0n) is 12.9. The van der Waals surface area contributed by atoms with Gasteiger partial charge in [0.15, 0.2) is 0 Å². The lowest BCUT2D eigenvalue weighted by Gasteiger charge is -2.13. The molecule has 0 unspecified atom stereocenters. The van der Waals surface area contributed by atoms with Crippen molar-refractivity contribution < 1.29 is 4.39 Å². The van der Waals surface area contributed by atoms with Gasteiger partial charge in [-0.3, -0.25) is 0 Å². The van der Waals surface area contributed by atoms with Crippen LogP contribution in [0.2, 0.25) is 0 Å². The summed E-state index contributed by atoms with van der Waals surface area (Å²) < 4.78 is 13.7. The van der Waals surface area contributed by atoms with E-state index < -0.39 is 0 Å². The van der Waals surface area contributed by atoms with E-state index in [9.17, 15) is 4.39 Å². The number of rotatable bonds is 5. The van der Waals surface area contributed by atoms with Gasteiger partial charge in [0, 0.05) is 23.5 Å². The second-order valence-corrected chi connectivity index (χ2v) is 5.34. The average Bonchev–Trinajstić information content (AvgIpc) is 2.99. The average molecular weight is 311 g/mol. The Morgan fingerprint density at radius 2 is 2.22 bits per heavy atom. The maximum absolute atomic E-state index is 13.7. The fraction of sp³-hybridized carbons (Fsp3) is 0.176. The Morgan fingerprint density at radius 3 is 2.96 bits per heavy atom. The molecule has 1 aliphatic rings. The molecule has 0 aliphatic carbocycles. The van der Waals surface area contributed by atoms with Gasteiger partial charge in [0.05, 0.1) is 0 Å². The maximum atomic E-state index is 13.7. The molecule has 3 N–H and O–H groups in total. The van der Waals surface area contributed by atoms with Crippen LogP contribution >= 0.6 is 0 Å². The Bertz CT molecular complexity index is 785. The summed E-state index contributed by atoms with van der Waals surface area (Å²) in [6.45, 7) is 9.97. The highest BCUT2D eigenvalue weighted by Crippen LogP contribution is 2.30. The van der Waals surface area contributed by atoms with Crippen LogP contribution in [0.4, 0.5) is 27.7 Å². The molecular formula is C17H18FN5. The number of aryl methyl sites for hydroxylation is 1. The van der Waals surface area contributed by atoms with Gasteiger partial charge in [-0.15, -0.1) is 0 Å². The van der Waals surface area contributed by atoms with E-state index in [0.29, 0.717) is 28.7 Å². The Kier molecular flexibility index (Phi) is 3.97. The van der Waals surface area contributed by atoms with Crippen LogP contribution in [0.1, 0.15) is 11.1 Å². The van der Waals surface area contributed by atoms with Gasteiger partial charge in [-0.05, 0) is 37.1 Å². The minimum Gasteiger partial charge on any atom is -0.369 e. The lowest BCUT2D eigenvalue weighted by Crippen LogP contribution is -2.06. The highest BCUT2D eigenvalue weighted by molar-refractivity contribution is 5.69. The number of allylic oxidation sites excluding steroid dienone is 1. The van der Waals surface area contributed by atoms with Crippen LogP contribution in [0, 0.1) is 12.7 Å². The van der Waals surface area contributed by atoms with E-state index >= 15 is 0 Å². The van der Waals surface area contributed by atoms with E-state index in [0.717, 1.165) is 24.3 Å². The van der Waals surface area contributed by atoms with E-state index in [2.05, 4.69) is 39.1 Å². The van der Waals surface area contributed by atoms with Gasteiger partial charge in [0.2, 0.25) is 5.95 Å². The minimum atomic E-state index is -0.253. The number of fused-ring (bicyclic) bond motifs is 1. The summed E-state index contributed by atoms with van der Waals surface area (Å²) in [5, 5.41) is 9.37. The van der Waals surface area contributed by atoms with Crippen LogP contribution in [0.3, 0.4) is 0 Å². The third-order valence-electron chi connectivity index (χ3n) is 3.63. The third-order valence-corrected chi connectivity index (χ3v) is 3.63. The number of halogens is 1. The quantitative estimate of drug-likeness (QED) is 0.734. The summed E-state index contributed by atoms with van der Waals surface area (Å²) in [6, 6.07) is 5.02. The van der Waals surface area contributed by atoms with Gasteiger partial charge in [-0.25, -0.2) is 4.39 Å². The predicted octanol–water partition coefficient (Wildman–Crippen LogP) is 3.75. The normalized spacial score (nSPS) is 12.3. The summed E-state index contributed by atoms with van der Waals surface area (Å²) in [7, 11) is 0. The third kappa shape index (κ3) is 3.15. The highest BCUT2D eigenvalue weighted by Gasteiger charge is 2.19. The topological polar surface area (TPSA) is 61.9 Å². The summed E-state index contributed by atoms with van der Waals surface area (Å²) in [6.07, 6.45) is 2.40. The van der Waals surface area contributed by atoms with E-state index in [1.165, 1.54) is 6.07 Å². The lowest BCUT2D eigenvalue weighted by molar-refractivity contribution is 0.619. The molecule has 118 valence electrons. The highest BCUT2D eigenvalue weighted by atomic mass is 19.1. The maximum Gasteiger partial charge on any atom is 0.231 e. The zero-order chi connectivity index (χ0) is 16.4. The molecule has 0 spiro atoms. The van der Waals surface area contributed by atoms with Crippen LogP contribution in [0.15, 0.2) is 43.1 Å². The first-order valence-electron chi connectivity index (χ1n) is 7.33. The fourth-order valence-electron chi connectivity index (χ4n) is 2.33. The molecule has 5 nitrogen and oxygen atoms in total.